The summed E-state index contributed by atoms with van der Waals surface area (Å²) in [5.74, 6) is -1.00. The second-order valence-electron chi connectivity index (χ2n) is 4.73. The van der Waals surface area contributed by atoms with Gasteiger partial charge in [0.25, 0.3) is 5.91 Å². The molecule has 1 rings (SSSR count). The van der Waals surface area contributed by atoms with Crippen LogP contribution in [-0.2, 0) is 4.79 Å². The van der Waals surface area contributed by atoms with Gasteiger partial charge in [0.15, 0.2) is 0 Å². The van der Waals surface area contributed by atoms with Gasteiger partial charge in [-0.1, -0.05) is 32.0 Å². The lowest BCUT2D eigenvalue weighted by atomic mass is 10.1. The molecule has 1 N–H and O–H groups in total. The normalized spacial score (nSPS) is 12.2. The maximum absolute atomic E-state index is 12.3. The maximum Gasteiger partial charge on any atom is 0.326 e. The predicted octanol–water partition coefficient (Wildman–Crippen LogP) is 2.26. The Hall–Kier alpha value is -1.84. The van der Waals surface area contributed by atoms with Crippen LogP contribution in [0.15, 0.2) is 30.3 Å². The zero-order valence-corrected chi connectivity index (χ0v) is 11.0. The molecule has 4 heteroatoms. The van der Waals surface area contributed by atoms with Crippen LogP contribution < -0.4 is 0 Å². The van der Waals surface area contributed by atoms with E-state index in [2.05, 4.69) is 0 Å². The molecular weight excluding hydrogens is 230 g/mol. The van der Waals surface area contributed by atoms with Crippen molar-refractivity contribution in [2.24, 2.45) is 5.92 Å². The zero-order chi connectivity index (χ0) is 13.7. The molecule has 1 atom stereocenters. The third kappa shape index (κ3) is 3.58. The molecule has 0 spiro atoms. The molecule has 0 aliphatic rings. The highest BCUT2D eigenvalue weighted by Crippen LogP contribution is 2.11. The Morgan fingerprint density at radius 2 is 1.72 bits per heavy atom. The van der Waals surface area contributed by atoms with Crippen LogP contribution in [0.5, 0.6) is 0 Å². The van der Waals surface area contributed by atoms with E-state index in [1.807, 2.05) is 19.9 Å². The van der Waals surface area contributed by atoms with E-state index < -0.39 is 12.0 Å². The summed E-state index contributed by atoms with van der Waals surface area (Å²) in [5.41, 5.74) is 0.520. The van der Waals surface area contributed by atoms with E-state index in [0.29, 0.717) is 12.1 Å². The predicted molar refractivity (Wildman–Crippen MR) is 69.4 cm³/mol. The SMILES string of the molecule is CC(C)CN(C(=O)c1ccccc1)C(C)C(=O)O. The molecule has 4 nitrogen and oxygen atoms in total. The summed E-state index contributed by atoms with van der Waals surface area (Å²) < 4.78 is 0. The van der Waals surface area contributed by atoms with E-state index in [1.54, 1.807) is 24.3 Å². The molecule has 18 heavy (non-hydrogen) atoms. The van der Waals surface area contributed by atoms with Crippen molar-refractivity contribution in [2.45, 2.75) is 26.8 Å². The van der Waals surface area contributed by atoms with E-state index in [9.17, 15) is 9.59 Å². The number of carbonyl (C=O) groups is 2. The summed E-state index contributed by atoms with van der Waals surface area (Å²) in [6, 6.07) is 7.94. The van der Waals surface area contributed by atoms with E-state index >= 15 is 0 Å². The van der Waals surface area contributed by atoms with Gasteiger partial charge in [0.05, 0.1) is 0 Å². The molecule has 0 heterocycles. The molecule has 1 unspecified atom stereocenters. The number of rotatable bonds is 5. The average Bonchev–Trinajstić information content (AvgIpc) is 2.35. The molecule has 1 amide bonds. The van der Waals surface area contributed by atoms with Gasteiger partial charge >= 0.3 is 5.97 Å². The van der Waals surface area contributed by atoms with Crippen molar-refractivity contribution in [3.05, 3.63) is 35.9 Å². The smallest absolute Gasteiger partial charge is 0.326 e. The molecule has 0 aromatic heterocycles. The summed E-state index contributed by atoms with van der Waals surface area (Å²) in [7, 11) is 0. The van der Waals surface area contributed by atoms with Gasteiger partial charge in [-0.3, -0.25) is 4.79 Å². The van der Waals surface area contributed by atoms with E-state index in [4.69, 9.17) is 5.11 Å². The highest BCUT2D eigenvalue weighted by atomic mass is 16.4. The molecule has 0 aliphatic carbocycles. The summed E-state index contributed by atoms with van der Waals surface area (Å²) in [6.07, 6.45) is 0. The van der Waals surface area contributed by atoms with Gasteiger partial charge in [0.2, 0.25) is 0 Å². The highest BCUT2D eigenvalue weighted by molar-refractivity contribution is 5.96. The fourth-order valence-corrected chi connectivity index (χ4v) is 1.69. The number of hydrogen-bond donors (Lipinski definition) is 1. The van der Waals surface area contributed by atoms with E-state index in [0.717, 1.165) is 0 Å². The van der Waals surface area contributed by atoms with E-state index in [-0.39, 0.29) is 11.8 Å². The minimum Gasteiger partial charge on any atom is -0.480 e. The number of aliphatic carboxylic acids is 1. The Labute approximate surface area is 107 Å². The third-order valence-corrected chi connectivity index (χ3v) is 2.67. The van der Waals surface area contributed by atoms with Gasteiger partial charge in [-0.15, -0.1) is 0 Å². The molecule has 0 fully saturated rings. The van der Waals surface area contributed by atoms with Crippen LogP contribution in [0.4, 0.5) is 0 Å². The Kier molecular flexibility index (Phi) is 4.89. The fraction of sp³-hybridized carbons (Fsp3) is 0.429. The molecule has 0 saturated heterocycles. The first-order chi connectivity index (χ1) is 8.43. The summed E-state index contributed by atoms with van der Waals surface area (Å²) >= 11 is 0. The van der Waals surface area contributed by atoms with Crippen LogP contribution >= 0.6 is 0 Å². The quantitative estimate of drug-likeness (QED) is 0.870. The highest BCUT2D eigenvalue weighted by Gasteiger charge is 2.26. The third-order valence-electron chi connectivity index (χ3n) is 2.67. The van der Waals surface area contributed by atoms with Gasteiger partial charge < -0.3 is 10.0 Å². The van der Waals surface area contributed by atoms with Crippen LogP contribution in [0.3, 0.4) is 0 Å². The zero-order valence-electron chi connectivity index (χ0n) is 11.0. The first-order valence-electron chi connectivity index (χ1n) is 6.02. The Balaban J connectivity index is 2.96. The second-order valence-corrected chi connectivity index (χ2v) is 4.73. The van der Waals surface area contributed by atoms with Crippen molar-refractivity contribution in [2.75, 3.05) is 6.54 Å². The van der Waals surface area contributed by atoms with Crippen molar-refractivity contribution in [1.29, 1.82) is 0 Å². The first-order valence-corrected chi connectivity index (χ1v) is 6.02. The monoisotopic (exact) mass is 249 g/mol. The number of carboxylic acid groups (broad SMARTS) is 1. The second kappa shape index (κ2) is 6.19. The lowest BCUT2D eigenvalue weighted by molar-refractivity contribution is -0.141. The average molecular weight is 249 g/mol. The van der Waals surface area contributed by atoms with Gasteiger partial charge in [0, 0.05) is 12.1 Å². The molecular formula is C14H19NO3. The largest absolute Gasteiger partial charge is 0.480 e. The van der Waals surface area contributed by atoms with Crippen LogP contribution in [0, 0.1) is 5.92 Å². The maximum atomic E-state index is 12.3. The van der Waals surface area contributed by atoms with Gasteiger partial charge in [-0.2, -0.15) is 0 Å². The topological polar surface area (TPSA) is 57.6 Å². The van der Waals surface area contributed by atoms with E-state index in [1.165, 1.54) is 11.8 Å². The fourth-order valence-electron chi connectivity index (χ4n) is 1.69. The van der Waals surface area contributed by atoms with Crippen LogP contribution in [0.2, 0.25) is 0 Å². The molecule has 0 aliphatic heterocycles. The lowest BCUT2D eigenvalue weighted by Crippen LogP contribution is -2.45. The number of carboxylic acids is 1. The number of benzene rings is 1. The van der Waals surface area contributed by atoms with Crippen molar-refractivity contribution in [1.82, 2.24) is 4.90 Å². The number of carbonyl (C=O) groups excluding carboxylic acids is 1. The van der Waals surface area contributed by atoms with Crippen molar-refractivity contribution >= 4 is 11.9 Å². The molecule has 0 saturated carbocycles. The molecule has 0 radical (unpaired) electrons. The molecule has 1 aromatic rings. The van der Waals surface area contributed by atoms with Crippen LogP contribution in [0.25, 0.3) is 0 Å². The van der Waals surface area contributed by atoms with Gasteiger partial charge in [-0.05, 0) is 25.0 Å². The molecule has 0 bridgehead atoms. The summed E-state index contributed by atoms with van der Waals surface area (Å²) in [4.78, 5) is 24.8. The first kappa shape index (κ1) is 14.2. The number of hydrogen-bond acceptors (Lipinski definition) is 2. The Morgan fingerprint density at radius 1 is 1.17 bits per heavy atom. The minimum absolute atomic E-state index is 0.222. The molecule has 98 valence electrons. The molecule has 1 aromatic carbocycles. The van der Waals surface area contributed by atoms with Crippen LogP contribution in [0.1, 0.15) is 31.1 Å². The van der Waals surface area contributed by atoms with Crippen molar-refractivity contribution < 1.29 is 14.7 Å². The number of nitrogens with zero attached hydrogens (tertiary/aromatic N) is 1. The standard InChI is InChI=1S/C14H19NO3/c1-10(2)9-15(11(3)14(17)18)13(16)12-7-5-4-6-8-12/h4-8,10-11H,9H2,1-3H3,(H,17,18). The minimum atomic E-state index is -0.986. The summed E-state index contributed by atoms with van der Waals surface area (Å²) in [5, 5.41) is 9.07. The summed E-state index contributed by atoms with van der Waals surface area (Å²) in [6.45, 7) is 5.88. The van der Waals surface area contributed by atoms with Crippen molar-refractivity contribution in [3.8, 4) is 0 Å². The lowest BCUT2D eigenvalue weighted by Gasteiger charge is -2.28. The number of amides is 1. The van der Waals surface area contributed by atoms with Crippen molar-refractivity contribution in [3.63, 3.8) is 0 Å². The van der Waals surface area contributed by atoms with Crippen LogP contribution in [-0.4, -0.2) is 34.5 Å². The Bertz CT molecular complexity index is 414. The van der Waals surface area contributed by atoms with Gasteiger partial charge in [-0.25, -0.2) is 4.79 Å². The Morgan fingerprint density at radius 3 is 2.17 bits per heavy atom. The van der Waals surface area contributed by atoms with Gasteiger partial charge in [0.1, 0.15) is 6.04 Å².